The smallest absolute Gasteiger partial charge is 0.252 e. The topological polar surface area (TPSA) is 102 Å². The number of hydrogen-bond acceptors (Lipinski definition) is 7. The molecule has 36 heavy (non-hydrogen) atoms. The van der Waals surface area contributed by atoms with Gasteiger partial charge in [0.25, 0.3) is 5.92 Å². The van der Waals surface area contributed by atoms with Gasteiger partial charge in [0, 0.05) is 18.9 Å². The van der Waals surface area contributed by atoms with Crippen molar-refractivity contribution in [2.45, 2.75) is 69.1 Å². The van der Waals surface area contributed by atoms with E-state index in [2.05, 4.69) is 25.7 Å². The number of nitrogens with zero attached hydrogens (tertiary/aromatic N) is 6. The summed E-state index contributed by atoms with van der Waals surface area (Å²) >= 11 is 0. The van der Waals surface area contributed by atoms with E-state index < -0.39 is 23.4 Å². The molecule has 9 nitrogen and oxygen atoms in total. The molecule has 1 aromatic carbocycles. The normalized spacial score (nSPS) is 24.2. The van der Waals surface area contributed by atoms with Gasteiger partial charge in [-0.15, -0.1) is 10.2 Å². The molecule has 0 radical (unpaired) electrons. The van der Waals surface area contributed by atoms with Crippen molar-refractivity contribution < 1.29 is 23.0 Å². The highest BCUT2D eigenvalue weighted by molar-refractivity contribution is 5.89. The number of methoxy groups -OCH3 is 1. The zero-order valence-corrected chi connectivity index (χ0v) is 19.9. The quantitative estimate of drug-likeness (QED) is 0.419. The van der Waals surface area contributed by atoms with Crippen molar-refractivity contribution in [2.24, 2.45) is 0 Å². The molecule has 0 bridgehead atoms. The minimum Gasteiger partial charge on any atom is -0.479 e. The summed E-state index contributed by atoms with van der Waals surface area (Å²) in [7, 11) is 1.46. The number of halogens is 3. The summed E-state index contributed by atoms with van der Waals surface area (Å²) in [6.45, 7) is 1.83. The van der Waals surface area contributed by atoms with E-state index in [9.17, 15) is 13.9 Å². The fourth-order valence-corrected chi connectivity index (χ4v) is 5.23. The maximum Gasteiger partial charge on any atom is 0.252 e. The van der Waals surface area contributed by atoms with Crippen molar-refractivity contribution in [1.82, 2.24) is 29.6 Å². The van der Waals surface area contributed by atoms with Crippen LogP contribution in [0.25, 0.3) is 27.7 Å². The molecule has 2 aliphatic carbocycles. The first kappa shape index (κ1) is 23.0. The number of rotatable bonds is 5. The van der Waals surface area contributed by atoms with E-state index in [1.807, 2.05) is 6.92 Å². The highest BCUT2D eigenvalue weighted by Gasteiger charge is 2.47. The van der Waals surface area contributed by atoms with E-state index in [0.717, 1.165) is 12.8 Å². The van der Waals surface area contributed by atoms with Crippen LogP contribution >= 0.6 is 0 Å². The molecular formula is C24H26F3N7O2. The molecule has 0 saturated heterocycles. The van der Waals surface area contributed by atoms with Crippen LogP contribution in [0.1, 0.15) is 51.5 Å². The summed E-state index contributed by atoms with van der Waals surface area (Å²) in [6, 6.07) is 4.72. The van der Waals surface area contributed by atoms with Crippen molar-refractivity contribution >= 4 is 22.5 Å². The van der Waals surface area contributed by atoms with Gasteiger partial charge in [0.1, 0.15) is 11.0 Å². The van der Waals surface area contributed by atoms with Gasteiger partial charge in [0.2, 0.25) is 11.8 Å². The fraction of sp³-hybridized carbons (Fsp3) is 0.500. The maximum absolute atomic E-state index is 15.3. The summed E-state index contributed by atoms with van der Waals surface area (Å²) in [4.78, 5) is 4.48. The molecule has 2 fully saturated rings. The Hall–Kier alpha value is -3.41. The number of nitrogens with one attached hydrogen (secondary N) is 1. The third-order valence-electron chi connectivity index (χ3n) is 7.32. The van der Waals surface area contributed by atoms with Crippen LogP contribution in [0.4, 0.5) is 19.1 Å². The second kappa shape index (κ2) is 8.05. The zero-order chi connectivity index (χ0) is 25.2. The molecular weight excluding hydrogens is 475 g/mol. The molecule has 2 aliphatic rings. The highest BCUT2D eigenvalue weighted by Crippen LogP contribution is 2.46. The number of hydrogen-bond donors (Lipinski definition) is 2. The number of anilines is 1. The van der Waals surface area contributed by atoms with Crippen molar-refractivity contribution in [3.63, 3.8) is 0 Å². The molecule has 6 rings (SSSR count). The first-order valence-corrected chi connectivity index (χ1v) is 12.0. The van der Waals surface area contributed by atoms with E-state index in [1.165, 1.54) is 22.5 Å². The number of benzene rings is 1. The molecule has 0 unspecified atom stereocenters. The van der Waals surface area contributed by atoms with Gasteiger partial charge in [0.15, 0.2) is 5.82 Å². The summed E-state index contributed by atoms with van der Waals surface area (Å²) < 4.78 is 50.6. The summed E-state index contributed by atoms with van der Waals surface area (Å²) in [6.07, 6.45) is 3.52. The maximum atomic E-state index is 15.3. The molecule has 2 saturated carbocycles. The predicted molar refractivity (Wildman–Crippen MR) is 126 cm³/mol. The molecule has 12 heteroatoms. The Morgan fingerprint density at radius 1 is 1.19 bits per heavy atom. The van der Waals surface area contributed by atoms with Crippen LogP contribution in [-0.2, 0) is 0 Å². The van der Waals surface area contributed by atoms with Gasteiger partial charge in [-0.25, -0.2) is 22.4 Å². The molecule has 190 valence electrons. The van der Waals surface area contributed by atoms with Gasteiger partial charge in [-0.2, -0.15) is 4.98 Å². The molecule has 3 heterocycles. The number of aromatic nitrogens is 6. The van der Waals surface area contributed by atoms with Gasteiger partial charge in [-0.1, -0.05) is 11.3 Å². The van der Waals surface area contributed by atoms with Gasteiger partial charge >= 0.3 is 0 Å². The van der Waals surface area contributed by atoms with Crippen molar-refractivity contribution in [3.8, 4) is 17.0 Å². The number of ether oxygens (including phenoxy) is 1. The van der Waals surface area contributed by atoms with Gasteiger partial charge in [-0.05, 0) is 50.3 Å². The molecule has 0 spiro atoms. The van der Waals surface area contributed by atoms with Crippen LogP contribution in [0.2, 0.25) is 0 Å². The first-order chi connectivity index (χ1) is 17.1. The highest BCUT2D eigenvalue weighted by atomic mass is 19.3. The van der Waals surface area contributed by atoms with Gasteiger partial charge in [-0.3, -0.25) is 0 Å². The van der Waals surface area contributed by atoms with E-state index in [1.54, 1.807) is 18.2 Å². The van der Waals surface area contributed by atoms with E-state index in [4.69, 9.17) is 4.74 Å². The number of alkyl halides is 2. The lowest BCUT2D eigenvalue weighted by Gasteiger charge is -2.34. The Labute approximate surface area is 204 Å². The van der Waals surface area contributed by atoms with Gasteiger partial charge in [0.05, 0.1) is 36.0 Å². The average Bonchev–Trinajstić information content (AvgIpc) is 3.37. The lowest BCUT2D eigenvalue weighted by molar-refractivity contribution is -0.106. The molecule has 4 aromatic rings. The SMILES string of the molecule is COc1nc(NC2CCC(C)(O)CC2)nn2cc(F)c(-c3ccc4nnn(C5CC(F)(F)C5)c4c3)c12. The fourth-order valence-electron chi connectivity index (χ4n) is 5.23. The van der Waals surface area contributed by atoms with Crippen LogP contribution < -0.4 is 10.1 Å². The third kappa shape index (κ3) is 3.93. The van der Waals surface area contributed by atoms with Crippen LogP contribution in [0.5, 0.6) is 5.88 Å². The van der Waals surface area contributed by atoms with E-state index >= 15 is 4.39 Å². The van der Waals surface area contributed by atoms with Crippen LogP contribution in [0.15, 0.2) is 24.4 Å². The summed E-state index contributed by atoms with van der Waals surface area (Å²) in [5.74, 6) is -2.73. The van der Waals surface area contributed by atoms with E-state index in [0.29, 0.717) is 40.9 Å². The van der Waals surface area contributed by atoms with Crippen molar-refractivity contribution in [3.05, 3.63) is 30.2 Å². The Kier molecular flexibility index (Phi) is 5.15. The molecule has 0 aliphatic heterocycles. The summed E-state index contributed by atoms with van der Waals surface area (Å²) in [5, 5.41) is 26.1. The van der Waals surface area contributed by atoms with Crippen LogP contribution in [-0.4, -0.2) is 59.4 Å². The monoisotopic (exact) mass is 501 g/mol. The summed E-state index contributed by atoms with van der Waals surface area (Å²) in [5.41, 5.74) is 1.53. The predicted octanol–water partition coefficient (Wildman–Crippen LogP) is 4.36. The van der Waals surface area contributed by atoms with Crippen LogP contribution in [0.3, 0.4) is 0 Å². The second-order valence-corrected chi connectivity index (χ2v) is 10.2. The first-order valence-electron chi connectivity index (χ1n) is 12.0. The minimum absolute atomic E-state index is 0.0846. The minimum atomic E-state index is -2.70. The lowest BCUT2D eigenvalue weighted by Crippen LogP contribution is -2.37. The second-order valence-electron chi connectivity index (χ2n) is 10.2. The molecule has 0 amide bonds. The van der Waals surface area contributed by atoms with Crippen LogP contribution in [0, 0.1) is 5.82 Å². The van der Waals surface area contributed by atoms with Gasteiger partial charge < -0.3 is 15.2 Å². The third-order valence-corrected chi connectivity index (χ3v) is 7.32. The largest absolute Gasteiger partial charge is 0.479 e. The number of fused-ring (bicyclic) bond motifs is 2. The van der Waals surface area contributed by atoms with Crippen molar-refractivity contribution in [1.29, 1.82) is 0 Å². The Balaban J connectivity index is 1.36. The lowest BCUT2D eigenvalue weighted by atomic mass is 9.84. The Bertz CT molecular complexity index is 1450. The van der Waals surface area contributed by atoms with Crippen molar-refractivity contribution in [2.75, 3.05) is 12.4 Å². The average molecular weight is 502 g/mol. The number of aliphatic hydroxyl groups is 1. The molecule has 2 N–H and O–H groups in total. The Morgan fingerprint density at radius 3 is 2.64 bits per heavy atom. The van der Waals surface area contributed by atoms with E-state index in [-0.39, 0.29) is 30.3 Å². The molecule has 0 atom stereocenters. The zero-order valence-electron chi connectivity index (χ0n) is 19.9. The Morgan fingerprint density at radius 2 is 1.94 bits per heavy atom. The standard InChI is InChI=1S/C24H26F3N7O2/c1-23(35)7-5-14(6-8-23)28-22-29-21(36-2)20-19(16(25)12-33(20)31-22)13-3-4-17-18(9-13)34(32-30-17)15-10-24(26,27)11-15/h3-4,9,12,14-15,35H,5-8,10-11H2,1-2H3,(H,28,31). The molecule has 3 aromatic heterocycles.